The van der Waals surface area contributed by atoms with Gasteiger partial charge in [-0.3, -0.25) is 4.57 Å². The van der Waals surface area contributed by atoms with E-state index >= 15 is 0 Å². The van der Waals surface area contributed by atoms with Crippen molar-refractivity contribution >= 4 is 28.1 Å². The van der Waals surface area contributed by atoms with Gasteiger partial charge in [0.2, 0.25) is 0 Å². The summed E-state index contributed by atoms with van der Waals surface area (Å²) < 4.78 is 44.9. The minimum atomic E-state index is -4.74. The van der Waals surface area contributed by atoms with Crippen LogP contribution in [0.4, 0.5) is 19.0 Å². The van der Waals surface area contributed by atoms with E-state index in [1.807, 2.05) is 36.4 Å². The molecule has 0 saturated heterocycles. The van der Waals surface area contributed by atoms with Crippen LogP contribution in [0.25, 0.3) is 33.7 Å². The lowest BCUT2D eigenvalue weighted by Crippen LogP contribution is -2.17. The van der Waals surface area contributed by atoms with Crippen molar-refractivity contribution in [2.24, 2.45) is 4.99 Å². The zero-order valence-corrected chi connectivity index (χ0v) is 23.7. The largest absolute Gasteiger partial charge is 0.573 e. The molecule has 0 aliphatic carbocycles. The number of ether oxygens (including phenoxy) is 1. The second-order valence-corrected chi connectivity index (χ2v) is 10.8. The van der Waals surface area contributed by atoms with E-state index in [-0.39, 0.29) is 5.75 Å². The van der Waals surface area contributed by atoms with Crippen LogP contribution >= 0.6 is 11.3 Å². The normalized spacial score (nSPS) is 12.4. The number of fused-ring (bicyclic) bond motifs is 1. The summed E-state index contributed by atoms with van der Waals surface area (Å²) in [5.74, 6) is 1.14. The second-order valence-electron chi connectivity index (χ2n) is 9.95. The fourth-order valence-electron chi connectivity index (χ4n) is 4.68. The first-order valence-electron chi connectivity index (χ1n) is 13.1. The maximum absolute atomic E-state index is 12.4. The molecule has 3 aromatic carbocycles. The fraction of sp³-hybridized carbons (Fsp3) is 0.161. The highest BCUT2D eigenvalue weighted by atomic mass is 32.1. The van der Waals surface area contributed by atoms with Gasteiger partial charge in [-0.1, -0.05) is 32.0 Å². The lowest BCUT2D eigenvalue weighted by Gasteiger charge is -2.14. The number of pyridine rings is 1. The molecule has 0 atom stereocenters. The van der Waals surface area contributed by atoms with Crippen molar-refractivity contribution < 1.29 is 17.9 Å². The molecule has 3 heterocycles. The van der Waals surface area contributed by atoms with Crippen molar-refractivity contribution in [2.75, 3.05) is 0 Å². The summed E-state index contributed by atoms with van der Waals surface area (Å²) in [5.41, 5.74) is 5.59. The van der Waals surface area contributed by atoms with E-state index in [4.69, 9.17) is 9.98 Å². The maximum Gasteiger partial charge on any atom is 0.573 e. The van der Waals surface area contributed by atoms with Crippen molar-refractivity contribution in [3.8, 4) is 28.5 Å². The Bertz CT molecular complexity index is 1950. The van der Waals surface area contributed by atoms with Gasteiger partial charge < -0.3 is 4.74 Å². The lowest BCUT2D eigenvalue weighted by atomic mass is 10.0. The number of halogens is 3. The summed E-state index contributed by atoms with van der Waals surface area (Å²) in [4.78, 5) is 14.9. The number of rotatable bonds is 6. The number of aryl methyl sites for hydroxylation is 1. The molecule has 0 unspecified atom stereocenters. The molecular formula is C31H25F3N6OS. The predicted octanol–water partition coefficient (Wildman–Crippen LogP) is 7.90. The topological polar surface area (TPSA) is 70.1 Å². The van der Waals surface area contributed by atoms with Gasteiger partial charge in [-0.2, -0.15) is 0 Å². The smallest absolute Gasteiger partial charge is 0.406 e. The van der Waals surface area contributed by atoms with Crippen molar-refractivity contribution in [1.29, 1.82) is 0 Å². The van der Waals surface area contributed by atoms with Crippen LogP contribution < -0.4 is 9.54 Å². The van der Waals surface area contributed by atoms with E-state index in [1.54, 1.807) is 11.3 Å². The number of aromatic nitrogens is 5. The van der Waals surface area contributed by atoms with Gasteiger partial charge in [-0.05, 0) is 79.1 Å². The van der Waals surface area contributed by atoms with Gasteiger partial charge in [-0.25, -0.2) is 19.6 Å². The zero-order chi connectivity index (χ0) is 29.4. The summed E-state index contributed by atoms with van der Waals surface area (Å²) in [5, 5.41) is 7.49. The van der Waals surface area contributed by atoms with Crippen molar-refractivity contribution in [3.05, 3.63) is 107 Å². The molecule has 0 N–H and O–H groups in total. The quantitative estimate of drug-likeness (QED) is 0.199. The van der Waals surface area contributed by atoms with Crippen LogP contribution in [0.15, 0.2) is 95.6 Å². The third-order valence-electron chi connectivity index (χ3n) is 6.65. The Morgan fingerprint density at radius 2 is 1.74 bits per heavy atom. The molecule has 7 nitrogen and oxygen atoms in total. The number of para-hydroxylation sites is 1. The SMILES string of the molecule is Cc1cs/c(=N\c2ccc3cc(-c4ncn(-c5ccc(OC(F)(F)F)cc5)n4)ccc3n2)n1-c1ccccc1C(C)C. The molecule has 3 aromatic heterocycles. The van der Waals surface area contributed by atoms with E-state index in [2.05, 4.69) is 63.7 Å². The van der Waals surface area contributed by atoms with Gasteiger partial charge in [0.05, 0.1) is 16.9 Å². The molecule has 6 aromatic rings. The number of hydrogen-bond donors (Lipinski definition) is 0. The second kappa shape index (κ2) is 10.9. The minimum Gasteiger partial charge on any atom is -0.406 e. The van der Waals surface area contributed by atoms with E-state index < -0.39 is 6.36 Å². The molecule has 0 aliphatic rings. The highest BCUT2D eigenvalue weighted by Crippen LogP contribution is 2.27. The third kappa shape index (κ3) is 5.68. The predicted molar refractivity (Wildman–Crippen MR) is 156 cm³/mol. The Labute approximate surface area is 243 Å². The molecule has 0 radical (unpaired) electrons. The zero-order valence-electron chi connectivity index (χ0n) is 22.9. The van der Waals surface area contributed by atoms with Crippen LogP contribution in [0.5, 0.6) is 5.75 Å². The average molecular weight is 587 g/mol. The third-order valence-corrected chi connectivity index (χ3v) is 7.59. The molecule has 6 rings (SSSR count). The van der Waals surface area contributed by atoms with E-state index in [9.17, 15) is 13.2 Å². The van der Waals surface area contributed by atoms with Crippen LogP contribution in [-0.2, 0) is 0 Å². The van der Waals surface area contributed by atoms with Gasteiger partial charge >= 0.3 is 6.36 Å². The molecule has 0 fully saturated rings. The molecule has 212 valence electrons. The summed E-state index contributed by atoms with van der Waals surface area (Å²) >= 11 is 1.58. The standard InChI is InChI=1S/C31H25F3N6OS/c1-19(2)25-6-4-5-7-27(25)40-20(3)17-42-30(40)37-28-15-9-21-16-22(8-14-26(21)36-28)29-35-18-39(38-29)23-10-12-24(13-11-23)41-31(32,33)34/h4-19H,1-3H3/b37-30-. The van der Waals surface area contributed by atoms with Gasteiger partial charge in [-0.15, -0.1) is 29.6 Å². The highest BCUT2D eigenvalue weighted by Gasteiger charge is 2.31. The molecule has 0 bridgehead atoms. The Morgan fingerprint density at radius 1 is 0.952 bits per heavy atom. The summed E-state index contributed by atoms with van der Waals surface area (Å²) in [6, 6.07) is 23.4. The molecular weight excluding hydrogens is 561 g/mol. The number of nitrogens with zero attached hydrogens (tertiary/aromatic N) is 6. The van der Waals surface area contributed by atoms with Crippen molar-refractivity contribution in [3.63, 3.8) is 0 Å². The fourth-order valence-corrected chi connectivity index (χ4v) is 5.55. The van der Waals surface area contributed by atoms with Gasteiger partial charge in [0, 0.05) is 22.0 Å². The Morgan fingerprint density at radius 3 is 2.50 bits per heavy atom. The van der Waals surface area contributed by atoms with Gasteiger partial charge in [0.1, 0.15) is 12.1 Å². The van der Waals surface area contributed by atoms with Crippen molar-refractivity contribution in [2.45, 2.75) is 33.1 Å². The van der Waals surface area contributed by atoms with Crippen LogP contribution in [0.1, 0.15) is 31.0 Å². The van der Waals surface area contributed by atoms with E-state index in [1.165, 1.54) is 40.8 Å². The molecule has 11 heteroatoms. The van der Waals surface area contributed by atoms with E-state index in [0.29, 0.717) is 23.2 Å². The van der Waals surface area contributed by atoms with E-state index in [0.717, 1.165) is 32.6 Å². The molecule has 0 spiro atoms. The molecule has 0 amide bonds. The molecule has 0 saturated carbocycles. The molecule has 42 heavy (non-hydrogen) atoms. The number of benzene rings is 3. The minimum absolute atomic E-state index is 0.302. The molecule has 0 aliphatic heterocycles. The first-order valence-corrected chi connectivity index (χ1v) is 14.0. The van der Waals surface area contributed by atoms with Crippen LogP contribution in [0, 0.1) is 6.92 Å². The van der Waals surface area contributed by atoms with Crippen LogP contribution in [0.3, 0.4) is 0 Å². The number of thiazole rings is 1. The summed E-state index contributed by atoms with van der Waals surface area (Å²) in [6.45, 7) is 6.45. The summed E-state index contributed by atoms with van der Waals surface area (Å²) in [7, 11) is 0. The Balaban J connectivity index is 1.28. The lowest BCUT2D eigenvalue weighted by molar-refractivity contribution is -0.274. The highest BCUT2D eigenvalue weighted by molar-refractivity contribution is 7.07. The monoisotopic (exact) mass is 586 g/mol. The van der Waals surface area contributed by atoms with Crippen molar-refractivity contribution in [1.82, 2.24) is 24.3 Å². The summed E-state index contributed by atoms with van der Waals surface area (Å²) in [6.07, 6.45) is -3.23. The first-order chi connectivity index (χ1) is 20.1. The number of alkyl halides is 3. The van der Waals surface area contributed by atoms with Gasteiger partial charge in [0.25, 0.3) is 0 Å². The first kappa shape index (κ1) is 27.4. The van der Waals surface area contributed by atoms with Gasteiger partial charge in [0.15, 0.2) is 16.4 Å². The Hall–Kier alpha value is -4.77. The Kier molecular flexibility index (Phi) is 7.11. The maximum atomic E-state index is 12.4. The number of hydrogen-bond acceptors (Lipinski definition) is 6. The average Bonchev–Trinajstić information content (AvgIpc) is 3.59. The van der Waals surface area contributed by atoms with Crippen LogP contribution in [0.2, 0.25) is 0 Å². The van der Waals surface area contributed by atoms with Crippen LogP contribution in [-0.4, -0.2) is 30.7 Å².